The van der Waals surface area contributed by atoms with Crippen LogP contribution in [-0.2, 0) is 0 Å². The highest BCUT2D eigenvalue weighted by Crippen LogP contribution is 2.16. The van der Waals surface area contributed by atoms with Crippen LogP contribution in [0.15, 0.2) is 24.3 Å². The Hall–Kier alpha value is -2.57. The average Bonchev–Trinajstić information content (AvgIpc) is 2.76. The molecule has 0 saturated heterocycles. The molecule has 0 fully saturated rings. The summed E-state index contributed by atoms with van der Waals surface area (Å²) in [5, 5.41) is 12.1. The number of hydrogen-bond acceptors (Lipinski definition) is 5. The molecule has 88 valence electrons. The average molecular weight is 233 g/mol. The Morgan fingerprint density at radius 3 is 2.59 bits per heavy atom. The molecule has 2 rings (SSSR count). The molecule has 0 unspecified atom stereocenters. The first-order chi connectivity index (χ1) is 8.20. The Balaban J connectivity index is 2.10. The van der Waals surface area contributed by atoms with Crippen molar-refractivity contribution in [1.29, 1.82) is 0 Å². The Labute approximate surface area is 97.0 Å². The van der Waals surface area contributed by atoms with E-state index in [1.807, 2.05) is 0 Å². The summed E-state index contributed by atoms with van der Waals surface area (Å²) in [6, 6.07) is 6.91. The molecule has 0 aliphatic rings. The van der Waals surface area contributed by atoms with E-state index in [0.717, 1.165) is 0 Å². The predicted molar refractivity (Wildman–Crippen MR) is 61.7 cm³/mol. The van der Waals surface area contributed by atoms with E-state index in [0.29, 0.717) is 11.4 Å². The molecule has 1 aromatic heterocycles. The molecule has 7 heteroatoms. The zero-order chi connectivity index (χ0) is 12.3. The van der Waals surface area contributed by atoms with Crippen LogP contribution in [-0.4, -0.2) is 28.4 Å². The first-order valence-electron chi connectivity index (χ1n) is 4.82. The van der Waals surface area contributed by atoms with Gasteiger partial charge in [0, 0.05) is 5.69 Å². The van der Waals surface area contributed by atoms with Crippen molar-refractivity contribution in [3.8, 4) is 5.75 Å². The van der Waals surface area contributed by atoms with Gasteiger partial charge in [-0.05, 0) is 24.3 Å². The molecule has 0 bridgehead atoms. The third-order valence-corrected chi connectivity index (χ3v) is 2.14. The number of H-pyrrole nitrogens is 1. The van der Waals surface area contributed by atoms with Gasteiger partial charge in [-0.3, -0.25) is 4.79 Å². The maximum Gasteiger partial charge on any atom is 0.280 e. The van der Waals surface area contributed by atoms with Crippen LogP contribution in [0.25, 0.3) is 0 Å². The normalized spacial score (nSPS) is 9.94. The second-order valence-corrected chi connectivity index (χ2v) is 3.24. The maximum absolute atomic E-state index is 11.7. The van der Waals surface area contributed by atoms with Gasteiger partial charge in [0.15, 0.2) is 11.5 Å². The highest BCUT2D eigenvalue weighted by Gasteiger charge is 2.13. The minimum Gasteiger partial charge on any atom is -0.497 e. The molecule has 0 spiro atoms. The monoisotopic (exact) mass is 233 g/mol. The van der Waals surface area contributed by atoms with Crippen molar-refractivity contribution in [2.24, 2.45) is 0 Å². The Kier molecular flexibility index (Phi) is 2.91. The van der Waals surface area contributed by atoms with E-state index in [1.165, 1.54) is 0 Å². The Morgan fingerprint density at radius 2 is 2.06 bits per heavy atom. The SMILES string of the molecule is COc1ccc(NC(=O)c2n[nH]nc2N)cc1. The van der Waals surface area contributed by atoms with Crippen molar-refractivity contribution in [2.45, 2.75) is 0 Å². The van der Waals surface area contributed by atoms with Gasteiger partial charge in [0.2, 0.25) is 0 Å². The molecule has 1 heterocycles. The molecule has 0 radical (unpaired) electrons. The summed E-state index contributed by atoms with van der Waals surface area (Å²) < 4.78 is 5.01. The van der Waals surface area contributed by atoms with E-state index < -0.39 is 5.91 Å². The number of ether oxygens (including phenoxy) is 1. The Morgan fingerprint density at radius 1 is 1.35 bits per heavy atom. The number of nitrogens with zero attached hydrogens (tertiary/aromatic N) is 2. The number of methoxy groups -OCH3 is 1. The van der Waals surface area contributed by atoms with Crippen molar-refractivity contribution < 1.29 is 9.53 Å². The highest BCUT2D eigenvalue weighted by molar-refractivity contribution is 6.05. The van der Waals surface area contributed by atoms with Crippen LogP contribution >= 0.6 is 0 Å². The predicted octanol–water partition coefficient (Wildman–Crippen LogP) is 0.648. The van der Waals surface area contributed by atoms with Crippen LogP contribution in [0.4, 0.5) is 11.5 Å². The number of nitrogen functional groups attached to an aromatic ring is 1. The summed E-state index contributed by atoms with van der Waals surface area (Å²) in [4.78, 5) is 11.7. The summed E-state index contributed by atoms with van der Waals surface area (Å²) in [7, 11) is 1.57. The van der Waals surface area contributed by atoms with Crippen LogP contribution in [0, 0.1) is 0 Å². The van der Waals surface area contributed by atoms with E-state index in [4.69, 9.17) is 10.5 Å². The van der Waals surface area contributed by atoms with E-state index in [2.05, 4.69) is 20.7 Å². The van der Waals surface area contributed by atoms with Crippen molar-refractivity contribution in [3.63, 3.8) is 0 Å². The fourth-order valence-electron chi connectivity index (χ4n) is 1.27. The second kappa shape index (κ2) is 4.52. The molecular weight excluding hydrogens is 222 g/mol. The molecule has 2 aromatic rings. The molecule has 0 atom stereocenters. The lowest BCUT2D eigenvalue weighted by Gasteiger charge is -2.04. The molecule has 1 aromatic carbocycles. The number of amides is 1. The van der Waals surface area contributed by atoms with Crippen LogP contribution in [0.5, 0.6) is 5.75 Å². The maximum atomic E-state index is 11.7. The Bertz CT molecular complexity index is 520. The smallest absolute Gasteiger partial charge is 0.280 e. The van der Waals surface area contributed by atoms with Crippen molar-refractivity contribution in [1.82, 2.24) is 15.4 Å². The summed E-state index contributed by atoms with van der Waals surface area (Å²) in [5.74, 6) is 0.362. The second-order valence-electron chi connectivity index (χ2n) is 3.24. The van der Waals surface area contributed by atoms with E-state index in [-0.39, 0.29) is 11.5 Å². The number of rotatable bonds is 3. The van der Waals surface area contributed by atoms with Crippen molar-refractivity contribution in [3.05, 3.63) is 30.0 Å². The van der Waals surface area contributed by atoms with Gasteiger partial charge in [-0.1, -0.05) is 0 Å². The molecule has 1 amide bonds. The molecule has 0 saturated carbocycles. The first kappa shape index (κ1) is 10.9. The molecular formula is C10H11N5O2. The lowest BCUT2D eigenvalue weighted by Crippen LogP contribution is -2.14. The number of anilines is 2. The third kappa shape index (κ3) is 2.33. The van der Waals surface area contributed by atoms with E-state index in [1.54, 1.807) is 31.4 Å². The van der Waals surface area contributed by atoms with Crippen molar-refractivity contribution in [2.75, 3.05) is 18.2 Å². The number of nitrogens with one attached hydrogen (secondary N) is 2. The number of hydrogen-bond donors (Lipinski definition) is 3. The van der Waals surface area contributed by atoms with E-state index in [9.17, 15) is 4.79 Å². The number of nitrogens with two attached hydrogens (primary N) is 1. The van der Waals surface area contributed by atoms with Crippen LogP contribution in [0.3, 0.4) is 0 Å². The zero-order valence-electron chi connectivity index (χ0n) is 9.10. The minimum absolute atomic E-state index is 0.0658. The standard InChI is InChI=1S/C10H11N5O2/c1-17-7-4-2-6(3-5-7)12-10(16)8-9(11)14-15-13-8/h2-5H,1H3,(H,12,16)(H3,11,13,14,15). The van der Waals surface area contributed by atoms with Crippen molar-refractivity contribution >= 4 is 17.4 Å². The zero-order valence-corrected chi connectivity index (χ0v) is 9.10. The van der Waals surface area contributed by atoms with Gasteiger partial charge in [0.25, 0.3) is 5.91 Å². The van der Waals surface area contributed by atoms with Gasteiger partial charge in [0.05, 0.1) is 7.11 Å². The first-order valence-corrected chi connectivity index (χ1v) is 4.82. The van der Waals surface area contributed by atoms with Gasteiger partial charge >= 0.3 is 0 Å². The molecule has 0 aliphatic carbocycles. The van der Waals surface area contributed by atoms with Crippen LogP contribution < -0.4 is 15.8 Å². The number of benzene rings is 1. The fourth-order valence-corrected chi connectivity index (χ4v) is 1.27. The van der Waals surface area contributed by atoms with Gasteiger partial charge in [-0.25, -0.2) is 0 Å². The summed E-state index contributed by atoms with van der Waals surface area (Å²) >= 11 is 0. The van der Waals surface area contributed by atoms with Crippen LogP contribution in [0.1, 0.15) is 10.5 Å². The fraction of sp³-hybridized carbons (Fsp3) is 0.100. The largest absolute Gasteiger partial charge is 0.497 e. The molecule has 0 aliphatic heterocycles. The minimum atomic E-state index is -0.415. The van der Waals surface area contributed by atoms with Gasteiger partial charge < -0.3 is 15.8 Å². The lowest BCUT2D eigenvalue weighted by atomic mass is 10.3. The van der Waals surface area contributed by atoms with Gasteiger partial charge in [-0.15, -0.1) is 10.2 Å². The number of aromatic amines is 1. The highest BCUT2D eigenvalue weighted by atomic mass is 16.5. The molecule has 17 heavy (non-hydrogen) atoms. The topological polar surface area (TPSA) is 106 Å². The lowest BCUT2D eigenvalue weighted by molar-refractivity contribution is 0.102. The van der Waals surface area contributed by atoms with Gasteiger partial charge in [-0.2, -0.15) is 5.21 Å². The van der Waals surface area contributed by atoms with Gasteiger partial charge in [0.1, 0.15) is 5.75 Å². The number of carbonyl (C=O) groups excluding carboxylic acids is 1. The number of carbonyl (C=O) groups is 1. The summed E-state index contributed by atoms with van der Waals surface area (Å²) in [5.41, 5.74) is 6.15. The summed E-state index contributed by atoms with van der Waals surface area (Å²) in [6.45, 7) is 0. The third-order valence-electron chi connectivity index (χ3n) is 2.14. The summed E-state index contributed by atoms with van der Waals surface area (Å²) in [6.07, 6.45) is 0. The van der Waals surface area contributed by atoms with E-state index >= 15 is 0 Å². The molecule has 4 N–H and O–H groups in total. The quantitative estimate of drug-likeness (QED) is 0.721. The van der Waals surface area contributed by atoms with Crippen LogP contribution in [0.2, 0.25) is 0 Å². The molecule has 7 nitrogen and oxygen atoms in total. The number of aromatic nitrogens is 3.